The van der Waals surface area contributed by atoms with Gasteiger partial charge in [0.05, 0.1) is 7.11 Å². The topological polar surface area (TPSA) is 21.3 Å². The molecule has 0 saturated heterocycles. The minimum Gasteiger partial charge on any atom is -0.496 e. The van der Waals surface area contributed by atoms with E-state index in [9.17, 15) is 0 Å². The van der Waals surface area contributed by atoms with E-state index in [0.29, 0.717) is 0 Å². The molecule has 0 radical (unpaired) electrons. The number of methoxy groups -OCH3 is 1. The van der Waals surface area contributed by atoms with Gasteiger partial charge >= 0.3 is 0 Å². The third kappa shape index (κ3) is 3.01. The first-order valence-corrected chi connectivity index (χ1v) is 5.26. The number of aryl methyl sites for hydroxylation is 1. The lowest BCUT2D eigenvalue weighted by Crippen LogP contribution is -2.11. The van der Waals surface area contributed by atoms with Crippen LogP contribution in [0.5, 0.6) is 5.75 Å². The number of hydrogen-bond donors (Lipinski definition) is 1. The lowest BCUT2D eigenvalue weighted by molar-refractivity contribution is 0.411. The summed E-state index contributed by atoms with van der Waals surface area (Å²) < 4.78 is 5.21. The van der Waals surface area contributed by atoms with Crippen LogP contribution in [-0.2, 0) is 0 Å². The van der Waals surface area contributed by atoms with Crippen molar-refractivity contribution in [1.82, 2.24) is 5.32 Å². The summed E-state index contributed by atoms with van der Waals surface area (Å²) in [4.78, 5) is 0. The molecule has 0 aliphatic heterocycles. The number of benzene rings is 1. The molecule has 0 aliphatic rings. The zero-order valence-electron chi connectivity index (χ0n) is 9.76. The van der Waals surface area contributed by atoms with Crippen molar-refractivity contribution in [3.05, 3.63) is 35.9 Å². The van der Waals surface area contributed by atoms with E-state index in [4.69, 9.17) is 4.74 Å². The highest BCUT2D eigenvalue weighted by molar-refractivity contribution is 5.63. The summed E-state index contributed by atoms with van der Waals surface area (Å²) >= 11 is 0. The van der Waals surface area contributed by atoms with Crippen molar-refractivity contribution in [1.29, 1.82) is 0 Å². The standard InChI is InChI=1S/C13H19NO/c1-5-8-14-11(3)12-6-7-13(15-4)10(2)9-12/h6-7,9,14H,3,5,8H2,1-2,4H3. The van der Waals surface area contributed by atoms with Crippen molar-refractivity contribution in [3.63, 3.8) is 0 Å². The highest BCUT2D eigenvalue weighted by Crippen LogP contribution is 2.21. The van der Waals surface area contributed by atoms with Crippen LogP contribution in [-0.4, -0.2) is 13.7 Å². The second-order valence-corrected chi connectivity index (χ2v) is 3.59. The number of hydrogen-bond acceptors (Lipinski definition) is 2. The minimum atomic E-state index is 0.919. The van der Waals surface area contributed by atoms with Gasteiger partial charge in [0.2, 0.25) is 0 Å². The van der Waals surface area contributed by atoms with Crippen LogP contribution < -0.4 is 10.1 Å². The Morgan fingerprint density at radius 3 is 2.73 bits per heavy atom. The molecule has 0 aromatic heterocycles. The summed E-state index contributed by atoms with van der Waals surface area (Å²) in [7, 11) is 1.69. The predicted octanol–water partition coefficient (Wildman–Crippen LogP) is 2.97. The van der Waals surface area contributed by atoms with Crippen molar-refractivity contribution in [2.75, 3.05) is 13.7 Å². The molecular weight excluding hydrogens is 186 g/mol. The molecule has 1 aromatic carbocycles. The molecule has 0 bridgehead atoms. The first kappa shape index (κ1) is 11.6. The van der Waals surface area contributed by atoms with Crippen molar-refractivity contribution in [3.8, 4) is 5.75 Å². The Bertz CT molecular complexity index is 344. The Labute approximate surface area is 92.0 Å². The summed E-state index contributed by atoms with van der Waals surface area (Å²) in [6, 6.07) is 6.09. The lowest BCUT2D eigenvalue weighted by Gasteiger charge is -2.11. The van der Waals surface area contributed by atoms with E-state index in [-0.39, 0.29) is 0 Å². The SMILES string of the molecule is C=C(NCCC)c1ccc(OC)c(C)c1. The van der Waals surface area contributed by atoms with Gasteiger partial charge in [-0.15, -0.1) is 0 Å². The third-order valence-electron chi connectivity index (χ3n) is 2.33. The number of ether oxygens (including phenoxy) is 1. The zero-order valence-corrected chi connectivity index (χ0v) is 9.76. The van der Waals surface area contributed by atoms with Crippen molar-refractivity contribution in [2.45, 2.75) is 20.3 Å². The summed E-state index contributed by atoms with van der Waals surface area (Å²) in [6.45, 7) is 9.14. The van der Waals surface area contributed by atoms with Crippen LogP contribution in [0.4, 0.5) is 0 Å². The highest BCUT2D eigenvalue weighted by Gasteiger charge is 2.02. The molecule has 2 nitrogen and oxygen atoms in total. The highest BCUT2D eigenvalue weighted by atomic mass is 16.5. The van der Waals surface area contributed by atoms with Crippen LogP contribution in [0.15, 0.2) is 24.8 Å². The summed E-state index contributed by atoms with van der Waals surface area (Å²) in [5, 5.41) is 3.28. The fourth-order valence-corrected chi connectivity index (χ4v) is 1.44. The van der Waals surface area contributed by atoms with Gasteiger partial charge in [0.1, 0.15) is 5.75 Å². The van der Waals surface area contributed by atoms with Gasteiger partial charge in [-0.25, -0.2) is 0 Å². The fourth-order valence-electron chi connectivity index (χ4n) is 1.44. The third-order valence-corrected chi connectivity index (χ3v) is 2.33. The van der Waals surface area contributed by atoms with E-state index in [1.807, 2.05) is 19.1 Å². The van der Waals surface area contributed by atoms with Gasteiger partial charge in [-0.05, 0) is 42.7 Å². The van der Waals surface area contributed by atoms with Gasteiger partial charge in [-0.1, -0.05) is 13.5 Å². The molecule has 1 aromatic rings. The first-order chi connectivity index (χ1) is 7.19. The van der Waals surface area contributed by atoms with Crippen molar-refractivity contribution >= 4 is 5.70 Å². The molecule has 0 unspecified atom stereocenters. The molecule has 0 aliphatic carbocycles. The van der Waals surface area contributed by atoms with Crippen molar-refractivity contribution < 1.29 is 4.74 Å². The molecule has 15 heavy (non-hydrogen) atoms. The summed E-state index contributed by atoms with van der Waals surface area (Å²) in [5.41, 5.74) is 3.24. The Balaban J connectivity index is 2.78. The van der Waals surface area contributed by atoms with Gasteiger partial charge in [0.25, 0.3) is 0 Å². The number of nitrogens with one attached hydrogen (secondary N) is 1. The maximum absolute atomic E-state index is 5.21. The summed E-state index contributed by atoms with van der Waals surface area (Å²) in [6.07, 6.45) is 1.11. The molecule has 0 atom stereocenters. The van der Waals surface area contributed by atoms with Crippen LogP contribution in [0.25, 0.3) is 5.70 Å². The predicted molar refractivity (Wildman–Crippen MR) is 65.1 cm³/mol. The lowest BCUT2D eigenvalue weighted by atomic mass is 10.1. The molecule has 2 heteroatoms. The second kappa shape index (κ2) is 5.44. The van der Waals surface area contributed by atoms with Crippen LogP contribution >= 0.6 is 0 Å². The van der Waals surface area contributed by atoms with E-state index >= 15 is 0 Å². The fraction of sp³-hybridized carbons (Fsp3) is 0.385. The van der Waals surface area contributed by atoms with Gasteiger partial charge in [0.15, 0.2) is 0 Å². The first-order valence-electron chi connectivity index (χ1n) is 5.26. The maximum atomic E-state index is 5.21. The van der Waals surface area contributed by atoms with E-state index in [1.165, 1.54) is 0 Å². The molecule has 0 spiro atoms. The van der Waals surface area contributed by atoms with Gasteiger partial charge in [-0.3, -0.25) is 0 Å². The van der Waals surface area contributed by atoms with Crippen LogP contribution in [0, 0.1) is 6.92 Å². The average molecular weight is 205 g/mol. The molecule has 1 N–H and O–H groups in total. The Kier molecular flexibility index (Phi) is 4.22. The Morgan fingerprint density at radius 2 is 2.20 bits per heavy atom. The van der Waals surface area contributed by atoms with Crippen LogP contribution in [0.2, 0.25) is 0 Å². The monoisotopic (exact) mass is 205 g/mol. The van der Waals surface area contributed by atoms with E-state index in [0.717, 1.165) is 35.5 Å². The van der Waals surface area contributed by atoms with E-state index in [2.05, 4.69) is 24.9 Å². The number of rotatable bonds is 5. The molecule has 0 heterocycles. The largest absolute Gasteiger partial charge is 0.496 e. The Hall–Kier alpha value is -1.44. The van der Waals surface area contributed by atoms with E-state index in [1.54, 1.807) is 7.11 Å². The normalized spacial score (nSPS) is 9.80. The van der Waals surface area contributed by atoms with Crippen LogP contribution in [0.3, 0.4) is 0 Å². The van der Waals surface area contributed by atoms with Crippen LogP contribution in [0.1, 0.15) is 24.5 Å². The smallest absolute Gasteiger partial charge is 0.121 e. The van der Waals surface area contributed by atoms with E-state index < -0.39 is 0 Å². The summed E-state index contributed by atoms with van der Waals surface area (Å²) in [5.74, 6) is 0.919. The van der Waals surface area contributed by atoms with Gasteiger partial charge in [0, 0.05) is 12.2 Å². The average Bonchev–Trinajstić information content (AvgIpc) is 2.25. The molecule has 0 amide bonds. The molecule has 82 valence electrons. The van der Waals surface area contributed by atoms with Gasteiger partial charge < -0.3 is 10.1 Å². The maximum Gasteiger partial charge on any atom is 0.121 e. The molecule has 0 saturated carbocycles. The second-order valence-electron chi connectivity index (χ2n) is 3.59. The zero-order chi connectivity index (χ0) is 11.3. The quantitative estimate of drug-likeness (QED) is 0.798. The Morgan fingerprint density at radius 1 is 1.47 bits per heavy atom. The molecular formula is C13H19NO. The minimum absolute atomic E-state index is 0.919. The molecule has 0 fully saturated rings. The van der Waals surface area contributed by atoms with Gasteiger partial charge in [-0.2, -0.15) is 0 Å². The molecule has 1 rings (SSSR count). The van der Waals surface area contributed by atoms with Crippen molar-refractivity contribution in [2.24, 2.45) is 0 Å².